The largest absolute Gasteiger partial charge is 0.410 e. The van der Waals surface area contributed by atoms with Gasteiger partial charge in [-0.3, -0.25) is 4.79 Å². The van der Waals surface area contributed by atoms with E-state index in [4.69, 9.17) is 5.73 Å². The molecule has 0 atom stereocenters. The van der Waals surface area contributed by atoms with Crippen LogP contribution >= 0.6 is 0 Å². The van der Waals surface area contributed by atoms with Crippen molar-refractivity contribution in [2.75, 3.05) is 0 Å². The van der Waals surface area contributed by atoms with Crippen molar-refractivity contribution in [1.29, 1.82) is 0 Å². The van der Waals surface area contributed by atoms with Gasteiger partial charge in [-0.05, 0) is 5.41 Å². The lowest BCUT2D eigenvalue weighted by Crippen LogP contribution is -2.22. The molecule has 2 N–H and O–H groups in total. The van der Waals surface area contributed by atoms with Crippen molar-refractivity contribution in [2.24, 2.45) is 5.73 Å². The fraction of sp³-hybridized carbons (Fsp3) is 0.364. The Morgan fingerprint density at radius 2 is 2.12 bits per heavy atom. The summed E-state index contributed by atoms with van der Waals surface area (Å²) in [5, 5.41) is 0. The zero-order chi connectivity index (χ0) is 13.2. The molecule has 0 aliphatic heterocycles. The van der Waals surface area contributed by atoms with E-state index < -0.39 is 23.0 Å². The summed E-state index contributed by atoms with van der Waals surface area (Å²) >= 11 is 0. The summed E-state index contributed by atoms with van der Waals surface area (Å²) in [7, 11) is 0. The molecule has 0 fully saturated rings. The third kappa shape index (κ3) is 2.77. The maximum Gasteiger partial charge on any atom is 0.410 e. The van der Waals surface area contributed by atoms with Gasteiger partial charge in [0.25, 0.3) is 0 Å². The summed E-state index contributed by atoms with van der Waals surface area (Å²) in [6, 6.07) is 0. The number of primary amides is 1. The standard InChI is InChI=1S/C11H13FN2O3/c1-11(2,3)6-4-14-7(5-15)8(12)9(6)17-10(13)16/h4-5H,1-3H3,(H2,13,16). The van der Waals surface area contributed by atoms with E-state index in [1.165, 1.54) is 6.20 Å². The van der Waals surface area contributed by atoms with Crippen LogP contribution in [0.25, 0.3) is 0 Å². The van der Waals surface area contributed by atoms with E-state index in [0.29, 0.717) is 5.56 Å². The van der Waals surface area contributed by atoms with Crippen molar-refractivity contribution in [1.82, 2.24) is 4.98 Å². The first-order chi connectivity index (χ1) is 7.77. The summed E-state index contributed by atoms with van der Waals surface area (Å²) in [6.45, 7) is 5.37. The molecule has 6 heteroatoms. The van der Waals surface area contributed by atoms with Crippen LogP contribution in [0.3, 0.4) is 0 Å². The van der Waals surface area contributed by atoms with Crippen LogP contribution in [0.5, 0.6) is 5.75 Å². The first kappa shape index (κ1) is 13.1. The number of halogens is 1. The highest BCUT2D eigenvalue weighted by Crippen LogP contribution is 2.33. The summed E-state index contributed by atoms with van der Waals surface area (Å²) in [6.07, 6.45) is 0.401. The monoisotopic (exact) mass is 240 g/mol. The molecule has 1 rings (SSSR count). The number of nitrogens with two attached hydrogens (primary N) is 1. The lowest BCUT2D eigenvalue weighted by molar-refractivity contribution is 0.111. The Labute approximate surface area is 97.8 Å². The van der Waals surface area contributed by atoms with Crippen molar-refractivity contribution in [3.63, 3.8) is 0 Å². The fourth-order valence-corrected chi connectivity index (χ4v) is 1.30. The van der Waals surface area contributed by atoms with Gasteiger partial charge in [0.05, 0.1) is 0 Å². The van der Waals surface area contributed by atoms with Crippen molar-refractivity contribution in [2.45, 2.75) is 26.2 Å². The molecule has 0 spiro atoms. The number of rotatable bonds is 2. The second-order valence-electron chi connectivity index (χ2n) is 4.49. The molecule has 0 unspecified atom stereocenters. The van der Waals surface area contributed by atoms with Crippen molar-refractivity contribution in [3.8, 4) is 5.75 Å². The van der Waals surface area contributed by atoms with Gasteiger partial charge in [0.2, 0.25) is 0 Å². The first-order valence-corrected chi connectivity index (χ1v) is 4.88. The van der Waals surface area contributed by atoms with Gasteiger partial charge in [0, 0.05) is 11.8 Å². The van der Waals surface area contributed by atoms with Gasteiger partial charge >= 0.3 is 6.09 Å². The van der Waals surface area contributed by atoms with Gasteiger partial charge in [0.15, 0.2) is 17.9 Å². The van der Waals surface area contributed by atoms with Gasteiger partial charge in [-0.25, -0.2) is 14.2 Å². The fourth-order valence-electron chi connectivity index (χ4n) is 1.30. The van der Waals surface area contributed by atoms with E-state index in [2.05, 4.69) is 9.72 Å². The van der Waals surface area contributed by atoms with Gasteiger partial charge in [-0.1, -0.05) is 20.8 Å². The molecule has 92 valence electrons. The average Bonchev–Trinajstić information content (AvgIpc) is 2.18. The maximum absolute atomic E-state index is 13.8. The van der Waals surface area contributed by atoms with E-state index in [0.717, 1.165) is 0 Å². The molecule has 17 heavy (non-hydrogen) atoms. The number of hydrogen-bond acceptors (Lipinski definition) is 4. The second-order valence-corrected chi connectivity index (χ2v) is 4.49. The smallest absolute Gasteiger partial charge is 0.407 e. The number of aromatic nitrogens is 1. The number of aldehydes is 1. The third-order valence-corrected chi connectivity index (χ3v) is 2.12. The molecule has 1 aromatic heterocycles. The zero-order valence-corrected chi connectivity index (χ0v) is 9.78. The van der Waals surface area contributed by atoms with Crippen molar-refractivity contribution < 1.29 is 18.7 Å². The molecule has 0 aromatic carbocycles. The number of ether oxygens (including phenoxy) is 1. The molecule has 0 aliphatic carbocycles. The quantitative estimate of drug-likeness (QED) is 0.799. The van der Waals surface area contributed by atoms with Gasteiger partial charge in [-0.15, -0.1) is 0 Å². The summed E-state index contributed by atoms with van der Waals surface area (Å²) in [5.41, 5.74) is 4.30. The van der Waals surface area contributed by atoms with Crippen LogP contribution in [0.4, 0.5) is 9.18 Å². The van der Waals surface area contributed by atoms with Crippen LogP contribution in [-0.2, 0) is 5.41 Å². The van der Waals surface area contributed by atoms with Crippen LogP contribution < -0.4 is 10.5 Å². The van der Waals surface area contributed by atoms with E-state index in [1.807, 2.05) is 0 Å². The highest BCUT2D eigenvalue weighted by molar-refractivity contribution is 5.75. The third-order valence-electron chi connectivity index (χ3n) is 2.12. The molecule has 0 saturated carbocycles. The Balaban J connectivity index is 3.46. The number of carbonyl (C=O) groups excluding carboxylic acids is 2. The molecule has 0 bridgehead atoms. The average molecular weight is 240 g/mol. The molecule has 1 heterocycles. The molecule has 1 amide bonds. The predicted molar refractivity (Wildman–Crippen MR) is 58.5 cm³/mol. The topological polar surface area (TPSA) is 82.3 Å². The van der Waals surface area contributed by atoms with Crippen LogP contribution in [0, 0.1) is 5.82 Å². The van der Waals surface area contributed by atoms with Crippen LogP contribution in [0.1, 0.15) is 36.8 Å². The molecular weight excluding hydrogens is 227 g/mol. The minimum Gasteiger partial charge on any atom is -0.407 e. The molecular formula is C11H13FN2O3. The van der Waals surface area contributed by atoms with Gasteiger partial charge < -0.3 is 10.5 Å². The number of hydrogen-bond donors (Lipinski definition) is 1. The van der Waals surface area contributed by atoms with E-state index in [-0.39, 0.29) is 12.0 Å². The van der Waals surface area contributed by atoms with Crippen molar-refractivity contribution in [3.05, 3.63) is 23.3 Å². The molecule has 0 saturated heterocycles. The zero-order valence-electron chi connectivity index (χ0n) is 9.78. The van der Waals surface area contributed by atoms with Crippen LogP contribution in [0.15, 0.2) is 6.20 Å². The number of carbonyl (C=O) groups is 2. The van der Waals surface area contributed by atoms with Crippen LogP contribution in [0.2, 0.25) is 0 Å². The normalized spacial score (nSPS) is 11.1. The minimum atomic E-state index is -1.14. The molecule has 0 radical (unpaired) electrons. The Morgan fingerprint density at radius 3 is 2.53 bits per heavy atom. The Hall–Kier alpha value is -1.98. The summed E-state index contributed by atoms with van der Waals surface area (Å²) in [4.78, 5) is 24.9. The number of amides is 1. The lowest BCUT2D eigenvalue weighted by atomic mass is 9.87. The predicted octanol–water partition coefficient (Wildman–Crippen LogP) is 1.79. The molecule has 1 aromatic rings. The number of nitrogens with zero attached hydrogens (tertiary/aromatic N) is 1. The lowest BCUT2D eigenvalue weighted by Gasteiger charge is -2.21. The van der Waals surface area contributed by atoms with Crippen molar-refractivity contribution >= 4 is 12.4 Å². The first-order valence-electron chi connectivity index (χ1n) is 4.88. The number of pyridine rings is 1. The molecule has 0 aliphatic rings. The van der Waals surface area contributed by atoms with Crippen LogP contribution in [-0.4, -0.2) is 17.4 Å². The Kier molecular flexibility index (Phi) is 3.45. The highest BCUT2D eigenvalue weighted by atomic mass is 19.1. The van der Waals surface area contributed by atoms with Gasteiger partial charge in [0.1, 0.15) is 5.69 Å². The molecule has 5 nitrogen and oxygen atoms in total. The minimum absolute atomic E-state index is 0.246. The second kappa shape index (κ2) is 4.48. The van der Waals surface area contributed by atoms with E-state index in [9.17, 15) is 14.0 Å². The van der Waals surface area contributed by atoms with E-state index in [1.54, 1.807) is 20.8 Å². The Morgan fingerprint density at radius 1 is 1.53 bits per heavy atom. The highest BCUT2D eigenvalue weighted by Gasteiger charge is 2.25. The van der Waals surface area contributed by atoms with E-state index >= 15 is 0 Å². The maximum atomic E-state index is 13.8. The summed E-state index contributed by atoms with van der Waals surface area (Å²) in [5.74, 6) is -1.33. The summed E-state index contributed by atoms with van der Waals surface area (Å²) < 4.78 is 18.4. The SMILES string of the molecule is CC(C)(C)c1cnc(C=O)c(F)c1OC(N)=O. The van der Waals surface area contributed by atoms with Gasteiger partial charge in [-0.2, -0.15) is 0 Å². The Bertz CT molecular complexity index is 467.